The highest BCUT2D eigenvalue weighted by atomic mass is 32.1. The third-order valence-corrected chi connectivity index (χ3v) is 0.931. The van der Waals surface area contributed by atoms with Crippen LogP contribution in [0.2, 0.25) is 0 Å². The van der Waals surface area contributed by atoms with Gasteiger partial charge in [-0.2, -0.15) is 0 Å². The number of carbonyl (C=O) groups is 1. The number of carbonyl (C=O) groups excluding carboxylic acids is 1. The molecule has 0 unspecified atom stereocenters. The third-order valence-electron chi connectivity index (χ3n) is 0.696. The van der Waals surface area contributed by atoms with Crippen LogP contribution in [-0.4, -0.2) is 18.3 Å². The van der Waals surface area contributed by atoms with Gasteiger partial charge in [0.2, 0.25) is 0 Å². The van der Waals surface area contributed by atoms with E-state index >= 15 is 0 Å². The van der Waals surface area contributed by atoms with Gasteiger partial charge in [-0.15, -0.1) is 0 Å². The van der Waals surface area contributed by atoms with E-state index in [1.165, 1.54) is 0 Å². The standard InChI is InChI=1S/C6H11O2S/c1-5(2)3-8-6(7)4-9/h5H,3-4H2,1-2H3. The molecule has 0 saturated heterocycles. The maximum absolute atomic E-state index is 10.4. The van der Waals surface area contributed by atoms with E-state index in [0.29, 0.717) is 12.5 Å². The second-order valence-corrected chi connectivity index (χ2v) is 2.51. The summed E-state index contributed by atoms with van der Waals surface area (Å²) in [6.45, 7) is 4.45. The van der Waals surface area contributed by atoms with Crippen molar-refractivity contribution in [3.05, 3.63) is 0 Å². The SMILES string of the molecule is CC(C)COC(=O)C[S]. The quantitative estimate of drug-likeness (QED) is 0.564. The molecule has 0 heterocycles. The Labute approximate surface area is 61.0 Å². The average molecular weight is 147 g/mol. The van der Waals surface area contributed by atoms with Crippen molar-refractivity contribution in [2.45, 2.75) is 13.8 Å². The van der Waals surface area contributed by atoms with Crippen LogP contribution in [0, 0.1) is 5.92 Å². The van der Waals surface area contributed by atoms with E-state index in [0.717, 1.165) is 0 Å². The molecular weight excluding hydrogens is 136 g/mol. The van der Waals surface area contributed by atoms with Crippen molar-refractivity contribution in [1.29, 1.82) is 0 Å². The molecule has 0 aliphatic carbocycles. The third kappa shape index (κ3) is 5.69. The second-order valence-electron chi connectivity index (χ2n) is 2.22. The Morgan fingerprint density at radius 3 is 2.56 bits per heavy atom. The van der Waals surface area contributed by atoms with E-state index in [-0.39, 0.29) is 11.7 Å². The molecule has 0 rings (SSSR count). The van der Waals surface area contributed by atoms with Gasteiger partial charge in [-0.25, -0.2) is 0 Å². The van der Waals surface area contributed by atoms with E-state index in [2.05, 4.69) is 12.6 Å². The van der Waals surface area contributed by atoms with E-state index in [4.69, 9.17) is 4.74 Å². The van der Waals surface area contributed by atoms with Gasteiger partial charge in [0.15, 0.2) is 0 Å². The van der Waals surface area contributed by atoms with Crippen LogP contribution in [0.4, 0.5) is 0 Å². The van der Waals surface area contributed by atoms with Gasteiger partial charge in [0.1, 0.15) is 5.75 Å². The summed E-state index contributed by atoms with van der Waals surface area (Å²) in [5.41, 5.74) is 0. The first-order chi connectivity index (χ1) is 4.16. The monoisotopic (exact) mass is 147 g/mol. The molecule has 0 spiro atoms. The molecule has 0 aromatic rings. The zero-order valence-corrected chi connectivity index (χ0v) is 6.53. The normalized spacial score (nSPS) is 9.78. The average Bonchev–Trinajstić information content (AvgIpc) is 1.83. The molecular formula is C6H11O2S. The fraction of sp³-hybridized carbons (Fsp3) is 0.833. The molecule has 1 radical (unpaired) electrons. The lowest BCUT2D eigenvalue weighted by atomic mass is 10.2. The summed E-state index contributed by atoms with van der Waals surface area (Å²) in [6, 6.07) is 0. The molecule has 0 bridgehead atoms. The molecule has 3 heteroatoms. The largest absolute Gasteiger partial charge is 0.465 e. The summed E-state index contributed by atoms with van der Waals surface area (Å²) in [5.74, 6) is 0.168. The molecule has 0 fully saturated rings. The van der Waals surface area contributed by atoms with Crippen LogP contribution in [0.25, 0.3) is 0 Å². The number of ether oxygens (including phenoxy) is 1. The molecule has 2 nitrogen and oxygen atoms in total. The Hall–Kier alpha value is -0.180. The Morgan fingerprint density at radius 2 is 2.22 bits per heavy atom. The smallest absolute Gasteiger partial charge is 0.316 e. The molecule has 0 atom stereocenters. The maximum Gasteiger partial charge on any atom is 0.316 e. The highest BCUT2D eigenvalue weighted by Crippen LogP contribution is 1.92. The van der Waals surface area contributed by atoms with Crippen LogP contribution < -0.4 is 0 Å². The molecule has 0 saturated carbocycles. The van der Waals surface area contributed by atoms with Crippen molar-refractivity contribution in [3.8, 4) is 0 Å². The van der Waals surface area contributed by atoms with Crippen LogP contribution in [0.5, 0.6) is 0 Å². The number of hydrogen-bond donors (Lipinski definition) is 0. The van der Waals surface area contributed by atoms with Gasteiger partial charge in [-0.1, -0.05) is 26.5 Å². The molecule has 0 amide bonds. The molecule has 53 valence electrons. The van der Waals surface area contributed by atoms with Crippen molar-refractivity contribution in [3.63, 3.8) is 0 Å². The molecule has 0 N–H and O–H groups in total. The van der Waals surface area contributed by atoms with Crippen molar-refractivity contribution in [1.82, 2.24) is 0 Å². The zero-order valence-electron chi connectivity index (χ0n) is 5.72. The van der Waals surface area contributed by atoms with Gasteiger partial charge in [-0.3, -0.25) is 4.79 Å². The minimum absolute atomic E-state index is 0.0622. The van der Waals surface area contributed by atoms with Crippen LogP contribution in [0.15, 0.2) is 0 Å². The topological polar surface area (TPSA) is 26.3 Å². The Morgan fingerprint density at radius 1 is 1.67 bits per heavy atom. The van der Waals surface area contributed by atoms with Crippen molar-refractivity contribution >= 4 is 18.6 Å². The molecule has 9 heavy (non-hydrogen) atoms. The second kappa shape index (κ2) is 4.68. The molecule has 0 aromatic carbocycles. The van der Waals surface area contributed by atoms with Crippen molar-refractivity contribution < 1.29 is 9.53 Å². The Balaban J connectivity index is 3.17. The Kier molecular flexibility index (Phi) is 4.58. The van der Waals surface area contributed by atoms with Crippen LogP contribution in [-0.2, 0) is 9.53 Å². The van der Waals surface area contributed by atoms with Gasteiger partial charge < -0.3 is 4.74 Å². The summed E-state index contributed by atoms with van der Waals surface area (Å²) in [5, 5.41) is 0. The van der Waals surface area contributed by atoms with Gasteiger partial charge in [-0.05, 0) is 5.92 Å². The van der Waals surface area contributed by atoms with E-state index < -0.39 is 0 Å². The number of rotatable bonds is 3. The van der Waals surface area contributed by atoms with Crippen LogP contribution >= 0.6 is 12.6 Å². The van der Waals surface area contributed by atoms with E-state index in [1.54, 1.807) is 0 Å². The maximum atomic E-state index is 10.4. The van der Waals surface area contributed by atoms with Gasteiger partial charge in [0.25, 0.3) is 0 Å². The lowest BCUT2D eigenvalue weighted by Crippen LogP contribution is -2.10. The van der Waals surface area contributed by atoms with Gasteiger partial charge in [0, 0.05) is 0 Å². The van der Waals surface area contributed by atoms with Crippen LogP contribution in [0.3, 0.4) is 0 Å². The summed E-state index contributed by atoms with van der Waals surface area (Å²) in [7, 11) is 0. The summed E-state index contributed by atoms with van der Waals surface area (Å²) >= 11 is 4.45. The first-order valence-corrected chi connectivity index (χ1v) is 3.48. The van der Waals surface area contributed by atoms with E-state index in [9.17, 15) is 4.79 Å². The first-order valence-electron chi connectivity index (χ1n) is 2.90. The van der Waals surface area contributed by atoms with Crippen molar-refractivity contribution in [2.24, 2.45) is 5.92 Å². The Bertz CT molecular complexity index is 91.1. The predicted molar refractivity (Wildman–Crippen MR) is 38.3 cm³/mol. The summed E-state index contributed by atoms with van der Waals surface area (Å²) in [6.07, 6.45) is 0. The highest BCUT2D eigenvalue weighted by Gasteiger charge is 1.99. The van der Waals surface area contributed by atoms with Gasteiger partial charge >= 0.3 is 5.97 Å². The molecule has 0 aromatic heterocycles. The number of hydrogen-bond acceptors (Lipinski definition) is 2. The first kappa shape index (κ1) is 8.82. The minimum Gasteiger partial charge on any atom is -0.465 e. The van der Waals surface area contributed by atoms with Crippen LogP contribution in [0.1, 0.15) is 13.8 Å². The highest BCUT2D eigenvalue weighted by molar-refractivity contribution is 7.81. The molecule has 0 aliphatic rings. The number of esters is 1. The zero-order chi connectivity index (χ0) is 7.28. The fourth-order valence-corrected chi connectivity index (χ4v) is 0.385. The van der Waals surface area contributed by atoms with Crippen molar-refractivity contribution in [2.75, 3.05) is 12.4 Å². The predicted octanol–water partition coefficient (Wildman–Crippen LogP) is 1.38. The molecule has 0 aliphatic heterocycles. The van der Waals surface area contributed by atoms with Gasteiger partial charge in [0.05, 0.1) is 6.61 Å². The minimum atomic E-state index is -0.293. The lowest BCUT2D eigenvalue weighted by molar-refractivity contribution is -0.141. The lowest BCUT2D eigenvalue weighted by Gasteiger charge is -2.03. The summed E-state index contributed by atoms with van der Waals surface area (Å²) < 4.78 is 4.71. The summed E-state index contributed by atoms with van der Waals surface area (Å²) in [4.78, 5) is 10.4. The van der Waals surface area contributed by atoms with E-state index in [1.807, 2.05) is 13.8 Å². The fourth-order valence-electron chi connectivity index (χ4n) is 0.301.